The van der Waals surface area contributed by atoms with Gasteiger partial charge < -0.3 is 5.32 Å². The normalized spacial score (nSPS) is 20.6. The van der Waals surface area contributed by atoms with Crippen LogP contribution in [0.25, 0.3) is 0 Å². The van der Waals surface area contributed by atoms with Crippen molar-refractivity contribution in [1.29, 1.82) is 0 Å². The summed E-state index contributed by atoms with van der Waals surface area (Å²) < 4.78 is 0. The summed E-state index contributed by atoms with van der Waals surface area (Å²) in [7, 11) is 0. The highest BCUT2D eigenvalue weighted by atomic mass is 16.2. The van der Waals surface area contributed by atoms with Crippen LogP contribution in [-0.2, 0) is 20.8 Å². The summed E-state index contributed by atoms with van der Waals surface area (Å²) in [5, 5.41) is 11.9. The van der Waals surface area contributed by atoms with Crippen molar-refractivity contribution in [2.75, 3.05) is 16.8 Å². The van der Waals surface area contributed by atoms with E-state index in [0.717, 1.165) is 11.3 Å². The summed E-state index contributed by atoms with van der Waals surface area (Å²) >= 11 is 0. The predicted molar refractivity (Wildman–Crippen MR) is 103 cm³/mol. The van der Waals surface area contributed by atoms with Gasteiger partial charge >= 0.3 is 0 Å². The van der Waals surface area contributed by atoms with Crippen LogP contribution in [-0.4, -0.2) is 41.4 Å². The molecule has 2 aromatic rings. The van der Waals surface area contributed by atoms with Crippen LogP contribution in [0.2, 0.25) is 0 Å². The first kappa shape index (κ1) is 17.8. The van der Waals surface area contributed by atoms with Crippen molar-refractivity contribution < 1.29 is 14.4 Å². The SMILES string of the molecule is CCc1ccc(NC(=O)CN2N=N[C@H]3C(=O)N(c4ccccc4)C(=O)[C@H]32)cc1. The fourth-order valence-electron chi connectivity index (χ4n) is 3.36. The van der Waals surface area contributed by atoms with Gasteiger partial charge in [0.1, 0.15) is 6.54 Å². The Kier molecular flexibility index (Phi) is 4.60. The highest BCUT2D eigenvalue weighted by molar-refractivity contribution is 6.25. The van der Waals surface area contributed by atoms with E-state index in [2.05, 4.69) is 22.6 Å². The number of imide groups is 1. The van der Waals surface area contributed by atoms with Gasteiger partial charge in [-0.15, -0.1) is 0 Å². The molecule has 2 aromatic carbocycles. The van der Waals surface area contributed by atoms with Gasteiger partial charge in [-0.25, -0.2) is 4.90 Å². The molecular weight excluding hydrogens is 358 g/mol. The second-order valence-corrected chi connectivity index (χ2v) is 6.64. The molecule has 0 unspecified atom stereocenters. The highest BCUT2D eigenvalue weighted by Gasteiger charge is 2.55. The molecule has 4 rings (SSSR count). The third-order valence-electron chi connectivity index (χ3n) is 4.82. The Bertz CT molecular complexity index is 942. The molecule has 0 spiro atoms. The Hall–Kier alpha value is -3.55. The van der Waals surface area contributed by atoms with E-state index in [-0.39, 0.29) is 12.5 Å². The summed E-state index contributed by atoms with van der Waals surface area (Å²) in [5.41, 5.74) is 2.32. The number of carbonyl (C=O) groups excluding carboxylic acids is 3. The molecule has 1 N–H and O–H groups in total. The fourth-order valence-corrected chi connectivity index (χ4v) is 3.36. The molecular formula is C20H19N5O3. The molecule has 0 bridgehead atoms. The molecule has 0 aromatic heterocycles. The van der Waals surface area contributed by atoms with Crippen LogP contribution in [0.4, 0.5) is 11.4 Å². The summed E-state index contributed by atoms with van der Waals surface area (Å²) in [4.78, 5) is 38.9. The van der Waals surface area contributed by atoms with Gasteiger partial charge in [0.05, 0.1) is 5.69 Å². The van der Waals surface area contributed by atoms with Gasteiger partial charge in [0.15, 0.2) is 12.1 Å². The van der Waals surface area contributed by atoms with E-state index in [9.17, 15) is 14.4 Å². The molecule has 28 heavy (non-hydrogen) atoms. The van der Waals surface area contributed by atoms with Crippen LogP contribution in [0.5, 0.6) is 0 Å². The Morgan fingerprint density at radius 2 is 1.75 bits per heavy atom. The number of nitrogens with one attached hydrogen (secondary N) is 1. The van der Waals surface area contributed by atoms with E-state index in [0.29, 0.717) is 11.4 Å². The third-order valence-corrected chi connectivity index (χ3v) is 4.82. The van der Waals surface area contributed by atoms with E-state index >= 15 is 0 Å². The van der Waals surface area contributed by atoms with Gasteiger partial charge in [-0.05, 0) is 36.2 Å². The number of nitrogens with zero attached hydrogens (tertiary/aromatic N) is 4. The maximum atomic E-state index is 12.8. The highest BCUT2D eigenvalue weighted by Crippen LogP contribution is 2.31. The molecule has 0 aliphatic carbocycles. The maximum absolute atomic E-state index is 12.8. The van der Waals surface area contributed by atoms with Crippen LogP contribution < -0.4 is 10.2 Å². The fraction of sp³-hybridized carbons (Fsp3) is 0.250. The van der Waals surface area contributed by atoms with Gasteiger partial charge in [0.25, 0.3) is 11.8 Å². The summed E-state index contributed by atoms with van der Waals surface area (Å²) in [5.74, 6) is -1.18. The molecule has 1 fully saturated rings. The van der Waals surface area contributed by atoms with Crippen LogP contribution in [0.1, 0.15) is 12.5 Å². The zero-order valence-electron chi connectivity index (χ0n) is 15.3. The Morgan fingerprint density at radius 1 is 1.04 bits per heavy atom. The van der Waals surface area contributed by atoms with Crippen LogP contribution in [0, 0.1) is 0 Å². The molecule has 142 valence electrons. The molecule has 2 aliphatic rings. The van der Waals surface area contributed by atoms with E-state index < -0.39 is 23.9 Å². The number of para-hydroxylation sites is 1. The number of hydrogen-bond acceptors (Lipinski definition) is 6. The summed E-state index contributed by atoms with van der Waals surface area (Å²) in [6.07, 6.45) is 0.916. The van der Waals surface area contributed by atoms with E-state index in [1.54, 1.807) is 30.3 Å². The molecule has 8 heteroatoms. The monoisotopic (exact) mass is 377 g/mol. The van der Waals surface area contributed by atoms with Crippen molar-refractivity contribution in [3.8, 4) is 0 Å². The van der Waals surface area contributed by atoms with E-state index in [1.807, 2.05) is 24.3 Å². The minimum absolute atomic E-state index is 0.165. The molecule has 2 atom stereocenters. The Balaban J connectivity index is 1.45. The number of amides is 3. The topological polar surface area (TPSA) is 94.4 Å². The lowest BCUT2D eigenvalue weighted by molar-refractivity contribution is -0.123. The zero-order chi connectivity index (χ0) is 19.7. The number of carbonyl (C=O) groups is 3. The first-order valence-corrected chi connectivity index (χ1v) is 9.07. The average Bonchev–Trinajstić information content (AvgIpc) is 3.23. The quantitative estimate of drug-likeness (QED) is 0.808. The van der Waals surface area contributed by atoms with Crippen LogP contribution in [0.15, 0.2) is 64.9 Å². The number of rotatable bonds is 5. The van der Waals surface area contributed by atoms with Gasteiger partial charge in [-0.1, -0.05) is 42.5 Å². The minimum atomic E-state index is -0.913. The zero-order valence-corrected chi connectivity index (χ0v) is 15.3. The molecule has 8 nitrogen and oxygen atoms in total. The second-order valence-electron chi connectivity index (χ2n) is 6.64. The van der Waals surface area contributed by atoms with Crippen molar-refractivity contribution >= 4 is 29.1 Å². The van der Waals surface area contributed by atoms with E-state index in [4.69, 9.17) is 0 Å². The molecule has 0 saturated carbocycles. The average molecular weight is 377 g/mol. The Morgan fingerprint density at radius 3 is 2.43 bits per heavy atom. The lowest BCUT2D eigenvalue weighted by Crippen LogP contribution is -2.43. The minimum Gasteiger partial charge on any atom is -0.324 e. The number of benzene rings is 2. The van der Waals surface area contributed by atoms with Gasteiger partial charge in [-0.3, -0.25) is 19.4 Å². The molecule has 2 aliphatic heterocycles. The number of anilines is 2. The predicted octanol–water partition coefficient (Wildman–Crippen LogP) is 2.18. The van der Waals surface area contributed by atoms with Crippen molar-refractivity contribution in [1.82, 2.24) is 5.01 Å². The lowest BCUT2D eigenvalue weighted by Gasteiger charge is -2.20. The first-order valence-electron chi connectivity index (χ1n) is 9.07. The lowest BCUT2D eigenvalue weighted by atomic mass is 10.1. The van der Waals surface area contributed by atoms with Crippen LogP contribution >= 0.6 is 0 Å². The Labute approximate surface area is 161 Å². The van der Waals surface area contributed by atoms with Crippen molar-refractivity contribution in [3.63, 3.8) is 0 Å². The van der Waals surface area contributed by atoms with E-state index in [1.165, 1.54) is 10.6 Å². The molecule has 1 saturated heterocycles. The maximum Gasteiger partial charge on any atom is 0.263 e. The number of aryl methyl sites for hydroxylation is 1. The molecule has 0 radical (unpaired) electrons. The van der Waals surface area contributed by atoms with Gasteiger partial charge in [0.2, 0.25) is 5.91 Å². The first-order chi connectivity index (χ1) is 13.6. The summed E-state index contributed by atoms with van der Waals surface area (Å²) in [6.45, 7) is 1.89. The smallest absolute Gasteiger partial charge is 0.263 e. The number of fused-ring (bicyclic) bond motifs is 1. The van der Waals surface area contributed by atoms with Gasteiger partial charge in [-0.2, -0.15) is 5.11 Å². The standard InChI is InChI=1S/C20H19N5O3/c1-2-13-8-10-14(11-9-13)21-16(26)12-24-18-17(22-23-24)19(27)25(20(18)28)15-6-4-3-5-7-15/h3-11,17-18H,2,12H2,1H3,(H,21,26)/t17-,18+/m1/s1. The summed E-state index contributed by atoms with van der Waals surface area (Å²) in [6, 6.07) is 14.4. The van der Waals surface area contributed by atoms with Crippen molar-refractivity contribution in [2.24, 2.45) is 10.3 Å². The third kappa shape index (κ3) is 3.13. The molecule has 2 heterocycles. The van der Waals surface area contributed by atoms with Crippen molar-refractivity contribution in [2.45, 2.75) is 25.4 Å². The number of hydrogen-bond donors (Lipinski definition) is 1. The van der Waals surface area contributed by atoms with Gasteiger partial charge in [0, 0.05) is 5.69 Å². The van der Waals surface area contributed by atoms with Crippen molar-refractivity contribution in [3.05, 3.63) is 60.2 Å². The largest absolute Gasteiger partial charge is 0.324 e. The molecule has 3 amide bonds. The van der Waals surface area contributed by atoms with Crippen LogP contribution in [0.3, 0.4) is 0 Å². The second kappa shape index (κ2) is 7.22.